The highest BCUT2D eigenvalue weighted by atomic mass is 16.5. The summed E-state index contributed by atoms with van der Waals surface area (Å²) in [6, 6.07) is 2.30. The number of carbonyl (C=O) groups excluding carboxylic acids is 1. The average molecular weight is 290 g/mol. The molecule has 0 bridgehead atoms. The summed E-state index contributed by atoms with van der Waals surface area (Å²) in [6.45, 7) is 0.0617. The lowest BCUT2D eigenvalue weighted by Crippen LogP contribution is -2.54. The number of aliphatic carboxylic acids is 1. The molecular weight excluding hydrogens is 272 g/mol. The number of aromatic nitrogens is 1. The van der Waals surface area contributed by atoms with Gasteiger partial charge in [0.25, 0.3) is 5.91 Å². The van der Waals surface area contributed by atoms with Crippen molar-refractivity contribution in [1.29, 1.82) is 0 Å². The highest BCUT2D eigenvalue weighted by Gasteiger charge is 2.53. The van der Waals surface area contributed by atoms with E-state index < -0.39 is 17.7 Å². The number of ether oxygens (including phenoxy) is 1. The van der Waals surface area contributed by atoms with Gasteiger partial charge < -0.3 is 9.84 Å². The number of pyridine rings is 1. The quantitative estimate of drug-likeness (QED) is 0.896. The van der Waals surface area contributed by atoms with Crippen LogP contribution in [0.3, 0.4) is 0 Å². The molecule has 6 heteroatoms. The van der Waals surface area contributed by atoms with Gasteiger partial charge in [0.05, 0.1) is 6.61 Å². The molecule has 3 rings (SSSR count). The molecule has 1 amide bonds. The first kappa shape index (κ1) is 14.0. The number of hydrogen-bond acceptors (Lipinski definition) is 4. The second kappa shape index (κ2) is 5.44. The summed E-state index contributed by atoms with van der Waals surface area (Å²) in [6.07, 6.45) is 7.47. The molecule has 6 nitrogen and oxygen atoms in total. The SMILES string of the molecule is O=C(O)C1COC2(CCCCC2)N1C(=O)c1ccncc1. The molecule has 0 aromatic carbocycles. The first-order chi connectivity index (χ1) is 10.1. The van der Waals surface area contributed by atoms with Crippen LogP contribution < -0.4 is 0 Å². The van der Waals surface area contributed by atoms with Gasteiger partial charge in [-0.3, -0.25) is 14.7 Å². The molecule has 1 aliphatic carbocycles. The topological polar surface area (TPSA) is 79.7 Å². The van der Waals surface area contributed by atoms with Gasteiger partial charge in [-0.15, -0.1) is 0 Å². The molecule has 1 N–H and O–H groups in total. The number of amides is 1. The Bertz CT molecular complexity index is 540. The van der Waals surface area contributed by atoms with Crippen LogP contribution in [0.1, 0.15) is 42.5 Å². The maximum Gasteiger partial charge on any atom is 0.328 e. The van der Waals surface area contributed by atoms with Crippen molar-refractivity contribution in [3.05, 3.63) is 30.1 Å². The predicted molar refractivity (Wildman–Crippen MR) is 73.6 cm³/mol. The van der Waals surface area contributed by atoms with Crippen LogP contribution in [0.2, 0.25) is 0 Å². The second-order valence-corrected chi connectivity index (χ2v) is 5.58. The van der Waals surface area contributed by atoms with Gasteiger partial charge in [0.2, 0.25) is 0 Å². The van der Waals surface area contributed by atoms with Gasteiger partial charge in [-0.1, -0.05) is 6.42 Å². The maximum absolute atomic E-state index is 12.8. The number of carboxylic acids is 1. The minimum absolute atomic E-state index is 0.0617. The maximum atomic E-state index is 12.8. The Morgan fingerprint density at radius 2 is 1.90 bits per heavy atom. The summed E-state index contributed by atoms with van der Waals surface area (Å²) in [5.41, 5.74) is -0.298. The third-order valence-electron chi connectivity index (χ3n) is 4.33. The van der Waals surface area contributed by atoms with Crippen LogP contribution in [0.4, 0.5) is 0 Å². The largest absolute Gasteiger partial charge is 0.480 e. The molecule has 0 radical (unpaired) electrons. The lowest BCUT2D eigenvalue weighted by atomic mass is 9.89. The van der Waals surface area contributed by atoms with Gasteiger partial charge in [-0.05, 0) is 37.8 Å². The van der Waals surface area contributed by atoms with Crippen LogP contribution in [0, 0.1) is 0 Å². The molecular formula is C15H18N2O4. The monoisotopic (exact) mass is 290 g/mol. The van der Waals surface area contributed by atoms with E-state index in [0.717, 1.165) is 19.3 Å². The van der Waals surface area contributed by atoms with E-state index in [2.05, 4.69) is 4.98 Å². The van der Waals surface area contributed by atoms with Gasteiger partial charge in [0.1, 0.15) is 5.72 Å². The van der Waals surface area contributed by atoms with Gasteiger partial charge in [-0.2, -0.15) is 0 Å². The minimum atomic E-state index is -1.01. The van der Waals surface area contributed by atoms with Gasteiger partial charge in [0, 0.05) is 18.0 Å². The van der Waals surface area contributed by atoms with E-state index in [1.165, 1.54) is 17.3 Å². The molecule has 2 fully saturated rings. The van der Waals surface area contributed by atoms with Crippen LogP contribution >= 0.6 is 0 Å². The zero-order valence-corrected chi connectivity index (χ0v) is 11.7. The molecule has 1 saturated heterocycles. The zero-order valence-electron chi connectivity index (χ0n) is 11.7. The van der Waals surface area contributed by atoms with Crippen LogP contribution in [-0.4, -0.2) is 45.2 Å². The Morgan fingerprint density at radius 1 is 1.24 bits per heavy atom. The number of rotatable bonds is 2. The summed E-state index contributed by atoms with van der Waals surface area (Å²) >= 11 is 0. The van der Waals surface area contributed by atoms with E-state index in [1.807, 2.05) is 0 Å². The van der Waals surface area contributed by atoms with E-state index in [-0.39, 0.29) is 12.5 Å². The molecule has 2 heterocycles. The Hall–Kier alpha value is -1.95. The molecule has 1 aromatic heterocycles. The summed E-state index contributed by atoms with van der Waals surface area (Å²) in [5.74, 6) is -1.30. The fourth-order valence-corrected chi connectivity index (χ4v) is 3.29. The molecule has 21 heavy (non-hydrogen) atoms. The first-order valence-corrected chi connectivity index (χ1v) is 7.24. The lowest BCUT2D eigenvalue weighted by molar-refractivity contribution is -0.143. The number of carbonyl (C=O) groups is 2. The Morgan fingerprint density at radius 3 is 2.52 bits per heavy atom. The van der Waals surface area contributed by atoms with E-state index in [1.54, 1.807) is 12.1 Å². The van der Waals surface area contributed by atoms with Crippen molar-refractivity contribution < 1.29 is 19.4 Å². The highest BCUT2D eigenvalue weighted by molar-refractivity contribution is 5.97. The molecule has 1 aromatic rings. The summed E-state index contributed by atoms with van der Waals surface area (Å²) in [5, 5.41) is 9.41. The smallest absolute Gasteiger partial charge is 0.328 e. The fourth-order valence-electron chi connectivity index (χ4n) is 3.29. The van der Waals surface area contributed by atoms with Gasteiger partial charge >= 0.3 is 5.97 Å². The number of carboxylic acid groups (broad SMARTS) is 1. The first-order valence-electron chi connectivity index (χ1n) is 7.24. The molecule has 1 unspecified atom stereocenters. The van der Waals surface area contributed by atoms with Crippen molar-refractivity contribution in [3.63, 3.8) is 0 Å². The average Bonchev–Trinajstić information content (AvgIpc) is 2.87. The third kappa shape index (κ3) is 2.40. The highest BCUT2D eigenvalue weighted by Crippen LogP contribution is 2.41. The number of nitrogens with zero attached hydrogens (tertiary/aromatic N) is 2. The van der Waals surface area contributed by atoms with E-state index >= 15 is 0 Å². The molecule has 1 spiro atoms. The lowest BCUT2D eigenvalue weighted by Gasteiger charge is -2.41. The molecule has 112 valence electrons. The van der Waals surface area contributed by atoms with E-state index in [4.69, 9.17) is 4.74 Å². The fraction of sp³-hybridized carbons (Fsp3) is 0.533. The van der Waals surface area contributed by atoms with Crippen molar-refractivity contribution in [2.45, 2.75) is 43.9 Å². The van der Waals surface area contributed by atoms with Crippen LogP contribution in [0.25, 0.3) is 0 Å². The second-order valence-electron chi connectivity index (χ2n) is 5.58. The Labute approximate surface area is 122 Å². The Kier molecular flexibility index (Phi) is 3.63. The van der Waals surface area contributed by atoms with Crippen molar-refractivity contribution in [2.75, 3.05) is 6.61 Å². The van der Waals surface area contributed by atoms with Crippen molar-refractivity contribution in [1.82, 2.24) is 9.88 Å². The van der Waals surface area contributed by atoms with Crippen molar-refractivity contribution >= 4 is 11.9 Å². The van der Waals surface area contributed by atoms with Gasteiger partial charge in [-0.25, -0.2) is 4.79 Å². The molecule has 1 atom stereocenters. The normalized spacial score (nSPS) is 24.2. The molecule has 2 aliphatic rings. The van der Waals surface area contributed by atoms with E-state index in [9.17, 15) is 14.7 Å². The predicted octanol–water partition coefficient (Wildman–Crippen LogP) is 1.67. The van der Waals surface area contributed by atoms with Crippen LogP contribution in [-0.2, 0) is 9.53 Å². The van der Waals surface area contributed by atoms with Crippen molar-refractivity contribution in [2.24, 2.45) is 0 Å². The Balaban J connectivity index is 1.96. The number of hydrogen-bond donors (Lipinski definition) is 1. The minimum Gasteiger partial charge on any atom is -0.480 e. The standard InChI is InChI=1S/C15H18N2O4/c18-13(11-4-8-16-9-5-11)17-12(14(19)20)10-21-15(17)6-2-1-3-7-15/h4-5,8-9,12H,1-3,6-7,10H2,(H,19,20). The molecule has 1 saturated carbocycles. The van der Waals surface area contributed by atoms with Crippen molar-refractivity contribution in [3.8, 4) is 0 Å². The van der Waals surface area contributed by atoms with Gasteiger partial charge in [0.15, 0.2) is 6.04 Å². The van der Waals surface area contributed by atoms with Crippen LogP contribution in [0.15, 0.2) is 24.5 Å². The summed E-state index contributed by atoms with van der Waals surface area (Å²) in [7, 11) is 0. The third-order valence-corrected chi connectivity index (χ3v) is 4.33. The zero-order chi connectivity index (χ0) is 14.9. The van der Waals surface area contributed by atoms with E-state index in [0.29, 0.717) is 18.4 Å². The summed E-state index contributed by atoms with van der Waals surface area (Å²) < 4.78 is 5.82. The molecule has 1 aliphatic heterocycles. The summed E-state index contributed by atoms with van der Waals surface area (Å²) in [4.78, 5) is 29.6. The van der Waals surface area contributed by atoms with Crippen LogP contribution in [0.5, 0.6) is 0 Å².